The molecule has 0 aliphatic carbocycles. The van der Waals surface area contributed by atoms with Gasteiger partial charge in [-0.2, -0.15) is 0 Å². The quantitative estimate of drug-likeness (QED) is 0.756. The van der Waals surface area contributed by atoms with Crippen LogP contribution in [-0.2, 0) is 4.79 Å². The third-order valence-electron chi connectivity index (χ3n) is 3.29. The Morgan fingerprint density at radius 3 is 2.71 bits per heavy atom. The van der Waals surface area contributed by atoms with Crippen molar-refractivity contribution in [2.24, 2.45) is 0 Å². The number of benzene rings is 1. The molecule has 21 heavy (non-hydrogen) atoms. The first-order valence-electron chi connectivity index (χ1n) is 7.26. The van der Waals surface area contributed by atoms with Crippen LogP contribution < -0.4 is 5.32 Å². The predicted octanol–water partition coefficient (Wildman–Crippen LogP) is 3.40. The Kier molecular flexibility index (Phi) is 6.66. The molecule has 0 fully saturated rings. The third kappa shape index (κ3) is 5.81. The summed E-state index contributed by atoms with van der Waals surface area (Å²) in [5.74, 6) is -1.11. The Morgan fingerprint density at radius 2 is 2.10 bits per heavy atom. The summed E-state index contributed by atoms with van der Waals surface area (Å²) in [4.78, 5) is 22.8. The number of carboxylic acids is 1. The van der Waals surface area contributed by atoms with Crippen molar-refractivity contribution in [1.29, 1.82) is 0 Å². The fraction of sp³-hybridized carbons (Fsp3) is 0.412. The van der Waals surface area contributed by atoms with Crippen LogP contribution in [0.5, 0.6) is 0 Å². The number of hydrogen-bond acceptors (Lipinski definition) is 2. The maximum atomic E-state index is 12.3. The first kappa shape index (κ1) is 17.0. The van der Waals surface area contributed by atoms with E-state index < -0.39 is 5.97 Å². The number of rotatable bonds is 7. The lowest BCUT2D eigenvalue weighted by Crippen LogP contribution is -2.32. The van der Waals surface area contributed by atoms with E-state index in [1.807, 2.05) is 19.9 Å². The molecule has 4 heteroatoms. The zero-order valence-electron chi connectivity index (χ0n) is 12.8. The van der Waals surface area contributed by atoms with Crippen LogP contribution in [0.15, 0.2) is 24.3 Å². The molecule has 0 spiro atoms. The Balaban J connectivity index is 2.83. The van der Waals surface area contributed by atoms with Crippen LogP contribution in [0.1, 0.15) is 54.6 Å². The molecule has 0 bridgehead atoms. The van der Waals surface area contributed by atoms with Gasteiger partial charge in [-0.05, 0) is 43.5 Å². The van der Waals surface area contributed by atoms with Gasteiger partial charge in [0.1, 0.15) is 0 Å². The fourth-order valence-electron chi connectivity index (χ4n) is 2.04. The van der Waals surface area contributed by atoms with Crippen molar-refractivity contribution < 1.29 is 14.7 Å². The smallest absolute Gasteiger partial charge is 0.328 e. The third-order valence-corrected chi connectivity index (χ3v) is 3.29. The largest absolute Gasteiger partial charge is 0.478 e. The summed E-state index contributed by atoms with van der Waals surface area (Å²) in [5.41, 5.74) is 2.17. The van der Waals surface area contributed by atoms with E-state index in [9.17, 15) is 9.59 Å². The summed E-state index contributed by atoms with van der Waals surface area (Å²) in [6, 6.07) is 5.48. The molecule has 4 nitrogen and oxygen atoms in total. The molecule has 0 radical (unpaired) electrons. The lowest BCUT2D eigenvalue weighted by Gasteiger charge is -2.15. The molecule has 1 aromatic rings. The summed E-state index contributed by atoms with van der Waals surface area (Å²) < 4.78 is 0. The first-order valence-corrected chi connectivity index (χ1v) is 7.26. The van der Waals surface area contributed by atoms with Gasteiger partial charge < -0.3 is 10.4 Å². The molecule has 0 saturated heterocycles. The zero-order valence-corrected chi connectivity index (χ0v) is 12.8. The van der Waals surface area contributed by atoms with Crippen molar-refractivity contribution in [2.45, 2.75) is 46.1 Å². The highest BCUT2D eigenvalue weighted by Gasteiger charge is 2.12. The van der Waals surface area contributed by atoms with Crippen molar-refractivity contribution in [3.05, 3.63) is 41.0 Å². The Labute approximate surface area is 125 Å². The Hall–Kier alpha value is -2.10. The molecular weight excluding hydrogens is 266 g/mol. The lowest BCUT2D eigenvalue weighted by atomic mass is 10.0. The molecule has 0 aromatic heterocycles. The maximum absolute atomic E-state index is 12.3. The van der Waals surface area contributed by atoms with Crippen LogP contribution in [0.25, 0.3) is 6.08 Å². The minimum absolute atomic E-state index is 0.110. The van der Waals surface area contributed by atoms with E-state index in [1.54, 1.807) is 12.1 Å². The number of carbonyl (C=O) groups is 2. The first-order chi connectivity index (χ1) is 9.93. The van der Waals surface area contributed by atoms with Crippen LogP contribution in [0, 0.1) is 6.92 Å². The topological polar surface area (TPSA) is 66.4 Å². The zero-order chi connectivity index (χ0) is 15.8. The van der Waals surface area contributed by atoms with Crippen LogP contribution >= 0.6 is 0 Å². The van der Waals surface area contributed by atoms with E-state index >= 15 is 0 Å². The van der Waals surface area contributed by atoms with E-state index in [0.717, 1.165) is 30.9 Å². The van der Waals surface area contributed by atoms with E-state index in [0.29, 0.717) is 11.1 Å². The van der Waals surface area contributed by atoms with Gasteiger partial charge in [-0.25, -0.2) is 4.79 Å². The lowest BCUT2D eigenvalue weighted by molar-refractivity contribution is -0.131. The van der Waals surface area contributed by atoms with Crippen LogP contribution in [0.3, 0.4) is 0 Å². The van der Waals surface area contributed by atoms with Crippen LogP contribution in [-0.4, -0.2) is 23.0 Å². The van der Waals surface area contributed by atoms with Crippen LogP contribution in [0.4, 0.5) is 0 Å². The van der Waals surface area contributed by atoms with Gasteiger partial charge in [-0.1, -0.05) is 31.9 Å². The summed E-state index contributed by atoms with van der Waals surface area (Å²) in [6.07, 6.45) is 5.70. The molecule has 1 rings (SSSR count). The van der Waals surface area contributed by atoms with Crippen molar-refractivity contribution in [2.75, 3.05) is 0 Å². The normalized spacial score (nSPS) is 12.3. The second-order valence-electron chi connectivity index (χ2n) is 5.26. The fourth-order valence-corrected chi connectivity index (χ4v) is 2.04. The molecule has 1 aromatic carbocycles. The summed E-state index contributed by atoms with van der Waals surface area (Å²) in [6.45, 7) is 5.99. The van der Waals surface area contributed by atoms with Crippen molar-refractivity contribution >= 4 is 18.0 Å². The highest BCUT2D eigenvalue weighted by molar-refractivity contribution is 5.96. The van der Waals surface area contributed by atoms with Gasteiger partial charge in [0, 0.05) is 17.7 Å². The highest BCUT2D eigenvalue weighted by atomic mass is 16.4. The van der Waals surface area contributed by atoms with Crippen LogP contribution in [0.2, 0.25) is 0 Å². The van der Waals surface area contributed by atoms with E-state index in [-0.39, 0.29) is 11.9 Å². The molecule has 1 unspecified atom stereocenters. The minimum atomic E-state index is -1.00. The standard InChI is InChI=1S/C17H23NO3/c1-4-5-6-13(3)18-17(21)15-11-14(8-7-12(15)2)9-10-16(19)20/h7-11,13H,4-6H2,1-3H3,(H,18,21)(H,19,20). The second kappa shape index (κ2) is 8.25. The average molecular weight is 289 g/mol. The number of aliphatic carboxylic acids is 1. The number of nitrogens with one attached hydrogen (secondary N) is 1. The molecule has 0 aliphatic rings. The van der Waals surface area contributed by atoms with Gasteiger partial charge in [-0.15, -0.1) is 0 Å². The van der Waals surface area contributed by atoms with Crippen molar-refractivity contribution in [3.8, 4) is 0 Å². The van der Waals surface area contributed by atoms with Crippen molar-refractivity contribution in [1.82, 2.24) is 5.32 Å². The number of aryl methyl sites for hydroxylation is 1. The Morgan fingerprint density at radius 1 is 1.38 bits per heavy atom. The molecule has 2 N–H and O–H groups in total. The van der Waals surface area contributed by atoms with Gasteiger partial charge in [0.2, 0.25) is 0 Å². The molecule has 0 saturated carbocycles. The molecular formula is C17H23NO3. The Bertz CT molecular complexity index is 535. The van der Waals surface area contributed by atoms with E-state index in [2.05, 4.69) is 12.2 Å². The van der Waals surface area contributed by atoms with Gasteiger partial charge in [0.15, 0.2) is 0 Å². The number of amides is 1. The summed E-state index contributed by atoms with van der Waals surface area (Å²) >= 11 is 0. The van der Waals surface area contributed by atoms with Gasteiger partial charge >= 0.3 is 5.97 Å². The monoisotopic (exact) mass is 289 g/mol. The van der Waals surface area contributed by atoms with E-state index in [1.165, 1.54) is 6.08 Å². The summed E-state index contributed by atoms with van der Waals surface area (Å²) in [5, 5.41) is 11.6. The number of hydrogen-bond donors (Lipinski definition) is 2. The van der Waals surface area contributed by atoms with Gasteiger partial charge in [0.05, 0.1) is 0 Å². The molecule has 1 amide bonds. The number of carbonyl (C=O) groups excluding carboxylic acids is 1. The minimum Gasteiger partial charge on any atom is -0.478 e. The van der Waals surface area contributed by atoms with Crippen molar-refractivity contribution in [3.63, 3.8) is 0 Å². The number of carboxylic acid groups (broad SMARTS) is 1. The highest BCUT2D eigenvalue weighted by Crippen LogP contribution is 2.13. The molecule has 0 heterocycles. The molecule has 114 valence electrons. The summed E-state index contributed by atoms with van der Waals surface area (Å²) in [7, 11) is 0. The molecule has 1 atom stereocenters. The molecule has 0 aliphatic heterocycles. The van der Waals surface area contributed by atoms with Gasteiger partial charge in [-0.3, -0.25) is 4.79 Å². The van der Waals surface area contributed by atoms with Gasteiger partial charge in [0.25, 0.3) is 5.91 Å². The van der Waals surface area contributed by atoms with E-state index in [4.69, 9.17) is 5.11 Å². The second-order valence-corrected chi connectivity index (χ2v) is 5.26. The SMILES string of the molecule is CCCCC(C)NC(=O)c1cc(C=CC(=O)O)ccc1C. The predicted molar refractivity (Wildman–Crippen MR) is 84.3 cm³/mol. The average Bonchev–Trinajstić information content (AvgIpc) is 2.43. The number of unbranched alkanes of at least 4 members (excludes halogenated alkanes) is 1. The maximum Gasteiger partial charge on any atom is 0.328 e.